The van der Waals surface area contributed by atoms with Crippen molar-refractivity contribution in [3.05, 3.63) is 71.8 Å². The first-order chi connectivity index (χ1) is 51.6. The zero-order valence-corrected chi connectivity index (χ0v) is 62.3. The number of carboxylic acid groups (broad SMARTS) is 1. The summed E-state index contributed by atoms with van der Waals surface area (Å²) in [7, 11) is 1.69. The van der Waals surface area contributed by atoms with Crippen LogP contribution in [0.2, 0.25) is 0 Å². The number of hydrogen-bond acceptors (Lipinski definition) is 21. The van der Waals surface area contributed by atoms with Crippen molar-refractivity contribution in [2.75, 3.05) is 57.4 Å². The van der Waals surface area contributed by atoms with Crippen molar-refractivity contribution in [1.82, 2.24) is 73.2 Å². The van der Waals surface area contributed by atoms with Crippen molar-refractivity contribution in [1.29, 1.82) is 0 Å². The van der Waals surface area contributed by atoms with E-state index in [0.717, 1.165) is 28.5 Å². The Bertz CT molecular complexity index is 3560. The van der Waals surface area contributed by atoms with Gasteiger partial charge in [-0.2, -0.15) is 0 Å². The van der Waals surface area contributed by atoms with Gasteiger partial charge in [0.2, 0.25) is 82.7 Å². The van der Waals surface area contributed by atoms with E-state index in [4.69, 9.17) is 17.2 Å². The highest BCUT2D eigenvalue weighted by Gasteiger charge is 2.47. The van der Waals surface area contributed by atoms with E-state index in [0.29, 0.717) is 30.4 Å². The van der Waals surface area contributed by atoms with E-state index in [2.05, 4.69) is 63.5 Å². The average Bonchev–Trinajstić information content (AvgIpc) is 1.49. The van der Waals surface area contributed by atoms with E-state index in [1.807, 2.05) is 0 Å². The quantitative estimate of drug-likeness (QED) is 0.0287. The predicted octanol–water partition coefficient (Wildman–Crippen LogP) is -5.11. The molecule has 2 aromatic rings. The molecule has 0 aliphatic carbocycles. The molecule has 592 valence electrons. The normalized spacial score (nSPS) is 27.7. The number of benzene rings is 2. The monoisotopic (exact) mass is 1550 g/mol. The number of fused-ring (bicyclic) bond motifs is 8. The van der Waals surface area contributed by atoms with Crippen LogP contribution in [0.15, 0.2) is 65.7 Å². The Morgan fingerprint density at radius 1 is 0.519 bits per heavy atom. The van der Waals surface area contributed by atoms with E-state index < -0.39 is 210 Å². The minimum atomic E-state index is -1.95. The SMILES string of the molecule is CC[C@H](C)[C@@H]1NC(=O)[C@@H]2CCCN2C(=O)[C@@H]2CCCN2C(=O)[C@H](Cc2ccccc2)NC(=O)[C@H](CO)NC(=O)[C@H](CCCCN)NC(=O)[C@H]([C@@H](C)O)NC(=O)[C@@H]2CSSC[C@H](NC1=O)C(=O)N[C@@H](Cc1ccccc1)C(=O)N1CCC[C@H]1C(=O)N[C@@H](CC(=O)O)C(=O)NCC(=O)N[C@@H](CCCN=C(N)N)C(=O)N2. The number of aliphatic hydroxyl groups is 2. The number of guanidine groups is 1. The molecule has 108 heavy (non-hydrogen) atoms. The van der Waals surface area contributed by atoms with Crippen LogP contribution in [-0.2, 0) is 84.8 Å². The van der Waals surface area contributed by atoms with Crippen LogP contribution in [0.3, 0.4) is 0 Å². The molecule has 2 bridgehead atoms. The Balaban J connectivity index is 1.35. The number of unbranched alkanes of at least 4 members (excludes halogenated alkanes) is 1. The molecule has 36 nitrogen and oxygen atoms in total. The zero-order chi connectivity index (χ0) is 78.7. The number of carbonyl (C=O) groups excluding carboxylic acids is 14. The van der Waals surface area contributed by atoms with Gasteiger partial charge in [0.1, 0.15) is 78.5 Å². The third-order valence-corrected chi connectivity index (χ3v) is 21.8. The van der Waals surface area contributed by atoms with Crippen LogP contribution < -0.4 is 75.7 Å². The van der Waals surface area contributed by atoms with Gasteiger partial charge in [0.25, 0.3) is 0 Å². The number of hydrogen-bond donors (Lipinski definition) is 17. The van der Waals surface area contributed by atoms with Crippen LogP contribution in [0, 0.1) is 5.92 Å². The topological polar surface area (TPSA) is 549 Å². The molecule has 20 N–H and O–H groups in total. The molecule has 0 aromatic heterocycles. The Morgan fingerprint density at radius 2 is 0.963 bits per heavy atom. The molecule has 0 radical (unpaired) electrons. The molecular formula is C70H102N18O18S2. The number of rotatable bonds is 18. The smallest absolute Gasteiger partial charge is 0.305 e. The van der Waals surface area contributed by atoms with Gasteiger partial charge in [-0.1, -0.05) is 103 Å². The number of aliphatic carboxylic acids is 1. The van der Waals surface area contributed by atoms with Crippen LogP contribution in [0.1, 0.15) is 115 Å². The van der Waals surface area contributed by atoms with Crippen LogP contribution in [0.25, 0.3) is 0 Å². The largest absolute Gasteiger partial charge is 0.481 e. The minimum Gasteiger partial charge on any atom is -0.481 e. The maximum Gasteiger partial charge on any atom is 0.305 e. The minimum absolute atomic E-state index is 0.0131. The fraction of sp³-hybridized carbons (Fsp3) is 0.600. The van der Waals surface area contributed by atoms with Crippen LogP contribution in [-0.4, -0.2) is 267 Å². The van der Waals surface area contributed by atoms with E-state index in [9.17, 15) is 63.3 Å². The van der Waals surface area contributed by atoms with Crippen molar-refractivity contribution >= 4 is 116 Å². The van der Waals surface area contributed by atoms with Crippen molar-refractivity contribution in [2.24, 2.45) is 28.1 Å². The molecule has 14 amide bonds. The summed E-state index contributed by atoms with van der Waals surface area (Å²) >= 11 is 0. The molecule has 38 heteroatoms. The molecule has 0 saturated carbocycles. The van der Waals surface area contributed by atoms with Gasteiger partial charge < -0.3 is 106 Å². The van der Waals surface area contributed by atoms with Crippen LogP contribution >= 0.6 is 21.6 Å². The lowest BCUT2D eigenvalue weighted by atomic mass is 9.97. The van der Waals surface area contributed by atoms with Crippen LogP contribution in [0.4, 0.5) is 0 Å². The lowest BCUT2D eigenvalue weighted by molar-refractivity contribution is -0.148. The van der Waals surface area contributed by atoms with E-state index in [-0.39, 0.29) is 109 Å². The number of aliphatic imine (C=N–C) groups is 1. The molecule has 5 aliphatic heterocycles. The molecule has 5 saturated heterocycles. The van der Waals surface area contributed by atoms with Crippen molar-refractivity contribution in [3.8, 4) is 0 Å². The first kappa shape index (κ1) is 85.6. The second kappa shape index (κ2) is 42.2. The number of carboxylic acids is 1. The molecule has 5 fully saturated rings. The molecule has 5 heterocycles. The molecule has 0 unspecified atom stereocenters. The highest BCUT2D eigenvalue weighted by Crippen LogP contribution is 2.29. The van der Waals surface area contributed by atoms with Crippen molar-refractivity contribution < 1.29 is 87.2 Å². The number of nitrogens with two attached hydrogens (primary N) is 3. The van der Waals surface area contributed by atoms with E-state index in [1.54, 1.807) is 74.5 Å². The molecule has 7 rings (SSSR count). The molecule has 2 aromatic carbocycles. The molecule has 5 aliphatic rings. The van der Waals surface area contributed by atoms with Gasteiger partial charge in [-0.3, -0.25) is 76.9 Å². The molecule has 0 spiro atoms. The van der Waals surface area contributed by atoms with Crippen molar-refractivity contribution in [2.45, 2.75) is 202 Å². The molecular weight excluding hydrogens is 1450 g/mol. The van der Waals surface area contributed by atoms with Gasteiger partial charge in [-0.05, 0) is 101 Å². The average molecular weight is 1550 g/mol. The Kier molecular flexibility index (Phi) is 33.4. The second-order valence-corrected chi connectivity index (χ2v) is 29.9. The fourth-order valence-corrected chi connectivity index (χ4v) is 15.6. The first-order valence-corrected chi connectivity index (χ1v) is 38.9. The van der Waals surface area contributed by atoms with E-state index >= 15 is 24.0 Å². The first-order valence-electron chi connectivity index (χ1n) is 36.4. The summed E-state index contributed by atoms with van der Waals surface area (Å²) in [4.78, 5) is 226. The highest BCUT2D eigenvalue weighted by atomic mass is 33.1. The van der Waals surface area contributed by atoms with Crippen molar-refractivity contribution in [3.63, 3.8) is 0 Å². The van der Waals surface area contributed by atoms with Gasteiger partial charge >= 0.3 is 5.97 Å². The second-order valence-electron chi connectivity index (χ2n) is 27.4. The Labute approximate surface area is 632 Å². The number of nitrogens with zero attached hydrogens (tertiary/aromatic N) is 4. The maximum atomic E-state index is 15.4. The van der Waals surface area contributed by atoms with Gasteiger partial charge in [0.05, 0.1) is 25.7 Å². The third-order valence-electron chi connectivity index (χ3n) is 19.4. The summed E-state index contributed by atoms with van der Waals surface area (Å²) in [6, 6.07) is -3.23. The van der Waals surface area contributed by atoms with Gasteiger partial charge in [0, 0.05) is 50.5 Å². The summed E-state index contributed by atoms with van der Waals surface area (Å²) in [5.74, 6) is -16.8. The maximum absolute atomic E-state index is 15.4. The summed E-state index contributed by atoms with van der Waals surface area (Å²) in [6.07, 6.45) is -1.61. The standard InChI is InChI=1S/C70H102N18O18S2/c1-4-38(2)55-65(102)83-48-36-107-108-37-49(82-58(95)42(22-13-27-74-70(72)73)76-53(91)34-75-57(94)44(33-54(92)93)78-63(100)50-23-14-28-86(50)67(104)45(80-61(48)98)31-40-17-7-5-8-18-40)62(99)85-56(39(3)90)66(103)77-43(21-11-12-26-71)59(96)81-47(35-89)60(97)79-46(32-41-19-9-6-10-20-41)68(105)88-30-16-25-52(88)69(106)87-29-15-24-51(87)64(101)84-55/h5-10,17-20,38-39,42-52,55-56,89-90H,4,11-16,21-37,71H2,1-3H3,(H,75,94)(H,76,91)(H,77,103)(H,78,100)(H,79,97)(H,80,98)(H,81,96)(H,82,95)(H,83,102)(H,84,101)(H,85,99)(H,92,93)(H4,72,73,74)/t38-,39+,42-,43-,44-,45-,46-,47-,48-,49-,50-,51-,52-,55-,56-/m0/s1. The zero-order valence-electron chi connectivity index (χ0n) is 60.7. The van der Waals surface area contributed by atoms with Crippen LogP contribution in [0.5, 0.6) is 0 Å². The summed E-state index contributed by atoms with van der Waals surface area (Å²) in [5, 5.41) is 60.3. The summed E-state index contributed by atoms with van der Waals surface area (Å²) < 4.78 is 0. The number of aliphatic hydroxyl groups excluding tert-OH is 2. The van der Waals surface area contributed by atoms with Gasteiger partial charge in [-0.25, -0.2) is 0 Å². The lowest BCUT2D eigenvalue weighted by Crippen LogP contribution is -2.62. The number of amides is 14. The predicted molar refractivity (Wildman–Crippen MR) is 395 cm³/mol. The number of carbonyl (C=O) groups is 15. The summed E-state index contributed by atoms with van der Waals surface area (Å²) in [6.45, 7) is 2.69. The lowest BCUT2D eigenvalue weighted by Gasteiger charge is -2.34. The fourth-order valence-electron chi connectivity index (χ4n) is 13.3. The number of nitrogens with one attached hydrogen (secondary N) is 11. The molecule has 15 atom stereocenters. The third kappa shape index (κ3) is 24.7. The van der Waals surface area contributed by atoms with E-state index in [1.165, 1.54) is 14.7 Å². The Morgan fingerprint density at radius 3 is 1.50 bits per heavy atom. The highest BCUT2D eigenvalue weighted by molar-refractivity contribution is 8.76. The van der Waals surface area contributed by atoms with Gasteiger partial charge in [-0.15, -0.1) is 0 Å². The van der Waals surface area contributed by atoms with Gasteiger partial charge in [0.15, 0.2) is 5.96 Å². The Hall–Kier alpha value is -9.66. The summed E-state index contributed by atoms with van der Waals surface area (Å²) in [5.41, 5.74) is 18.1.